The van der Waals surface area contributed by atoms with Gasteiger partial charge in [0.25, 0.3) is 0 Å². The van der Waals surface area contributed by atoms with Crippen molar-refractivity contribution in [2.75, 3.05) is 39.8 Å². The molecule has 2 amide bonds. The van der Waals surface area contributed by atoms with Crippen LogP contribution in [-0.2, 0) is 0 Å². The van der Waals surface area contributed by atoms with Crippen LogP contribution in [0.5, 0.6) is 0 Å². The van der Waals surface area contributed by atoms with Gasteiger partial charge in [-0.2, -0.15) is 0 Å². The summed E-state index contributed by atoms with van der Waals surface area (Å²) < 4.78 is 0. The summed E-state index contributed by atoms with van der Waals surface area (Å²) >= 11 is 0. The number of likely N-dealkylation sites (N-methyl/N-ethyl adjacent to an activating group) is 1. The first-order valence-corrected chi connectivity index (χ1v) is 6.61. The Labute approximate surface area is 105 Å². The van der Waals surface area contributed by atoms with Gasteiger partial charge in [-0.15, -0.1) is 0 Å². The quantitative estimate of drug-likeness (QED) is 0.673. The normalized spacial score (nSPS) is 21.7. The Balaban J connectivity index is 2.02. The Kier molecular flexibility index (Phi) is 6.29. The summed E-state index contributed by atoms with van der Waals surface area (Å²) in [4.78, 5) is 16.1. The third kappa shape index (κ3) is 4.91. The standard InChI is InChI=1S/C12H26N4O/c1-4-6-13-12(17)14-7-5-8-16-10-9-15(3)11(16)2/h11H,4-10H2,1-3H3,(H2,13,14,17). The third-order valence-electron chi connectivity index (χ3n) is 3.35. The number of nitrogens with zero attached hydrogens (tertiary/aromatic N) is 2. The van der Waals surface area contributed by atoms with Crippen LogP contribution in [0.15, 0.2) is 0 Å². The van der Waals surface area contributed by atoms with Gasteiger partial charge in [0.2, 0.25) is 0 Å². The zero-order chi connectivity index (χ0) is 12.7. The Bertz CT molecular complexity index is 235. The van der Waals surface area contributed by atoms with Crippen LogP contribution in [0.2, 0.25) is 0 Å². The molecule has 1 saturated heterocycles. The van der Waals surface area contributed by atoms with E-state index in [1.807, 2.05) is 6.92 Å². The monoisotopic (exact) mass is 242 g/mol. The highest BCUT2D eigenvalue weighted by Gasteiger charge is 2.23. The highest BCUT2D eigenvalue weighted by atomic mass is 16.2. The molecule has 0 aliphatic carbocycles. The lowest BCUT2D eigenvalue weighted by molar-refractivity contribution is 0.175. The van der Waals surface area contributed by atoms with E-state index >= 15 is 0 Å². The third-order valence-corrected chi connectivity index (χ3v) is 3.35. The number of carbonyl (C=O) groups is 1. The lowest BCUT2D eigenvalue weighted by Gasteiger charge is -2.24. The second-order valence-electron chi connectivity index (χ2n) is 4.68. The summed E-state index contributed by atoms with van der Waals surface area (Å²) in [6, 6.07) is -0.0431. The van der Waals surface area contributed by atoms with Crippen LogP contribution >= 0.6 is 0 Å². The Morgan fingerprint density at radius 1 is 1.29 bits per heavy atom. The fourth-order valence-electron chi connectivity index (χ4n) is 2.02. The molecular formula is C12H26N4O. The molecule has 100 valence electrons. The van der Waals surface area contributed by atoms with Crippen molar-refractivity contribution in [3.63, 3.8) is 0 Å². The molecule has 0 saturated carbocycles. The smallest absolute Gasteiger partial charge is 0.314 e. The van der Waals surface area contributed by atoms with E-state index in [0.717, 1.165) is 45.6 Å². The summed E-state index contributed by atoms with van der Waals surface area (Å²) in [6.07, 6.45) is 2.52. The largest absolute Gasteiger partial charge is 0.338 e. The molecule has 5 nitrogen and oxygen atoms in total. The van der Waals surface area contributed by atoms with Gasteiger partial charge in [0.15, 0.2) is 0 Å². The topological polar surface area (TPSA) is 47.6 Å². The van der Waals surface area contributed by atoms with Crippen molar-refractivity contribution in [3.05, 3.63) is 0 Å². The van der Waals surface area contributed by atoms with Crippen LogP contribution in [0, 0.1) is 0 Å². The zero-order valence-corrected chi connectivity index (χ0v) is 11.3. The summed E-state index contributed by atoms with van der Waals surface area (Å²) in [5.74, 6) is 0. The van der Waals surface area contributed by atoms with Gasteiger partial charge in [-0.05, 0) is 26.8 Å². The van der Waals surface area contributed by atoms with Gasteiger partial charge in [0.1, 0.15) is 0 Å². The Morgan fingerprint density at radius 3 is 2.59 bits per heavy atom. The molecule has 1 unspecified atom stereocenters. The van der Waals surface area contributed by atoms with E-state index in [0.29, 0.717) is 6.17 Å². The molecule has 1 aliphatic heterocycles. The molecule has 17 heavy (non-hydrogen) atoms. The number of hydrogen-bond acceptors (Lipinski definition) is 3. The number of nitrogens with one attached hydrogen (secondary N) is 2. The van der Waals surface area contributed by atoms with Gasteiger partial charge in [-0.25, -0.2) is 4.79 Å². The number of carbonyl (C=O) groups excluding carboxylic acids is 1. The van der Waals surface area contributed by atoms with E-state index in [9.17, 15) is 4.79 Å². The fraction of sp³-hybridized carbons (Fsp3) is 0.917. The predicted octanol–water partition coefficient (Wildman–Crippen LogP) is 0.679. The van der Waals surface area contributed by atoms with Crippen LogP contribution in [-0.4, -0.2) is 61.8 Å². The molecule has 0 radical (unpaired) electrons. The van der Waals surface area contributed by atoms with Crippen LogP contribution in [0.3, 0.4) is 0 Å². The summed E-state index contributed by atoms with van der Waals surface area (Å²) in [5, 5.41) is 5.68. The van der Waals surface area contributed by atoms with Gasteiger partial charge >= 0.3 is 6.03 Å². The molecule has 0 bridgehead atoms. The van der Waals surface area contributed by atoms with E-state index < -0.39 is 0 Å². The van der Waals surface area contributed by atoms with Crippen molar-refractivity contribution >= 4 is 6.03 Å². The lowest BCUT2D eigenvalue weighted by atomic mass is 10.3. The van der Waals surface area contributed by atoms with Crippen molar-refractivity contribution in [1.29, 1.82) is 0 Å². The van der Waals surface area contributed by atoms with E-state index in [-0.39, 0.29) is 6.03 Å². The fourth-order valence-corrected chi connectivity index (χ4v) is 2.02. The summed E-state index contributed by atoms with van der Waals surface area (Å²) in [5.41, 5.74) is 0. The first-order chi connectivity index (χ1) is 8.15. The number of amides is 2. The average molecular weight is 242 g/mol. The first-order valence-electron chi connectivity index (χ1n) is 6.61. The number of rotatable bonds is 6. The Hall–Kier alpha value is -0.810. The second kappa shape index (κ2) is 7.50. The molecule has 2 N–H and O–H groups in total. The van der Waals surface area contributed by atoms with Gasteiger partial charge < -0.3 is 10.6 Å². The maximum atomic E-state index is 11.3. The zero-order valence-electron chi connectivity index (χ0n) is 11.3. The van der Waals surface area contributed by atoms with Crippen LogP contribution < -0.4 is 10.6 Å². The first kappa shape index (κ1) is 14.3. The van der Waals surface area contributed by atoms with E-state index in [1.54, 1.807) is 0 Å². The van der Waals surface area contributed by atoms with Crippen LogP contribution in [0.4, 0.5) is 4.79 Å². The molecule has 1 aliphatic rings. The van der Waals surface area contributed by atoms with Crippen molar-refractivity contribution in [3.8, 4) is 0 Å². The minimum atomic E-state index is -0.0431. The molecular weight excluding hydrogens is 216 g/mol. The Morgan fingerprint density at radius 2 is 2.00 bits per heavy atom. The minimum Gasteiger partial charge on any atom is -0.338 e. The van der Waals surface area contributed by atoms with Gasteiger partial charge in [0.05, 0.1) is 6.17 Å². The molecule has 0 aromatic heterocycles. The molecule has 1 fully saturated rings. The highest BCUT2D eigenvalue weighted by molar-refractivity contribution is 5.73. The maximum Gasteiger partial charge on any atom is 0.314 e. The van der Waals surface area contributed by atoms with Crippen molar-refractivity contribution in [1.82, 2.24) is 20.4 Å². The summed E-state index contributed by atoms with van der Waals surface area (Å²) in [7, 11) is 2.15. The number of urea groups is 1. The molecule has 1 rings (SSSR count). The van der Waals surface area contributed by atoms with Crippen LogP contribution in [0.25, 0.3) is 0 Å². The van der Waals surface area contributed by atoms with Crippen molar-refractivity contribution in [2.24, 2.45) is 0 Å². The van der Waals surface area contributed by atoms with E-state index in [2.05, 4.69) is 34.4 Å². The SMILES string of the molecule is CCCNC(=O)NCCCN1CCN(C)C1C. The molecule has 1 atom stereocenters. The van der Waals surface area contributed by atoms with E-state index in [1.165, 1.54) is 0 Å². The van der Waals surface area contributed by atoms with Crippen LogP contribution in [0.1, 0.15) is 26.7 Å². The molecule has 0 aromatic rings. The highest BCUT2D eigenvalue weighted by Crippen LogP contribution is 2.11. The van der Waals surface area contributed by atoms with Crippen molar-refractivity contribution in [2.45, 2.75) is 32.9 Å². The van der Waals surface area contributed by atoms with Gasteiger partial charge in [0, 0.05) is 32.7 Å². The maximum absolute atomic E-state index is 11.3. The predicted molar refractivity (Wildman–Crippen MR) is 70.0 cm³/mol. The van der Waals surface area contributed by atoms with Gasteiger partial charge in [-0.1, -0.05) is 6.92 Å². The second-order valence-corrected chi connectivity index (χ2v) is 4.68. The number of hydrogen-bond donors (Lipinski definition) is 2. The molecule has 5 heteroatoms. The molecule has 0 spiro atoms. The average Bonchev–Trinajstić information content (AvgIpc) is 2.63. The molecule has 1 heterocycles. The van der Waals surface area contributed by atoms with E-state index in [4.69, 9.17) is 0 Å². The summed E-state index contributed by atoms with van der Waals surface area (Å²) in [6.45, 7) is 9.12. The lowest BCUT2D eigenvalue weighted by Crippen LogP contribution is -2.39. The molecule has 0 aromatic carbocycles. The minimum absolute atomic E-state index is 0.0431. The van der Waals surface area contributed by atoms with Crippen molar-refractivity contribution < 1.29 is 4.79 Å². The van der Waals surface area contributed by atoms with Gasteiger partial charge in [-0.3, -0.25) is 9.80 Å².